The Hall–Kier alpha value is -3.59. The van der Waals surface area contributed by atoms with Gasteiger partial charge in [0.05, 0.1) is 12.7 Å². The highest BCUT2D eigenvalue weighted by Crippen LogP contribution is 2.37. The summed E-state index contributed by atoms with van der Waals surface area (Å²) in [7, 11) is 6.19. The van der Waals surface area contributed by atoms with Crippen molar-refractivity contribution in [2.24, 2.45) is 5.92 Å². The van der Waals surface area contributed by atoms with Gasteiger partial charge in [0.15, 0.2) is 26.2 Å². The molecule has 1 unspecified atom stereocenters. The quantitative estimate of drug-likeness (QED) is 0.0828. The summed E-state index contributed by atoms with van der Waals surface area (Å²) in [5, 5.41) is 0. The summed E-state index contributed by atoms with van der Waals surface area (Å²) < 4.78 is 38.1. The van der Waals surface area contributed by atoms with Gasteiger partial charge in [-0.3, -0.25) is 4.79 Å². The molecule has 0 aromatic heterocycles. The molecule has 0 N–H and O–H groups in total. The first-order chi connectivity index (χ1) is 19.7. The normalized spacial score (nSPS) is 11.7. The Morgan fingerprint density at radius 2 is 1.51 bits per heavy atom. The number of allylic oxidation sites excluding steroid dienone is 4. The van der Waals surface area contributed by atoms with E-state index in [2.05, 4.69) is 26.5 Å². The van der Waals surface area contributed by atoms with E-state index in [1.165, 1.54) is 25.9 Å². The Morgan fingerprint density at radius 3 is 2.10 bits per heavy atom. The number of rotatable bonds is 18. The van der Waals surface area contributed by atoms with Crippen LogP contribution in [0.25, 0.3) is 6.08 Å². The van der Waals surface area contributed by atoms with Crippen molar-refractivity contribution in [3.05, 3.63) is 76.4 Å². The third-order valence-corrected chi connectivity index (χ3v) is 6.47. The molecule has 0 radical (unpaired) electrons. The van der Waals surface area contributed by atoms with Gasteiger partial charge < -0.3 is 33.2 Å². The molecule has 0 fully saturated rings. The SMILES string of the molecule is C=C(C)C(CC=C(C)C)Cc1c(OCOC)cc(OC)c(C(=O)/C=C/c2ccc(OCOC)cc2OCOC)c1C. The van der Waals surface area contributed by atoms with Crippen LogP contribution in [0, 0.1) is 12.8 Å². The highest BCUT2D eigenvalue weighted by Gasteiger charge is 2.23. The maximum Gasteiger partial charge on any atom is 0.189 e. The number of ether oxygens (including phenoxy) is 7. The summed E-state index contributed by atoms with van der Waals surface area (Å²) >= 11 is 0. The molecule has 2 aromatic rings. The molecule has 8 nitrogen and oxygen atoms in total. The number of methoxy groups -OCH3 is 4. The number of carbonyl (C=O) groups is 1. The molecular weight excluding hydrogens is 524 g/mol. The zero-order valence-corrected chi connectivity index (χ0v) is 25.6. The summed E-state index contributed by atoms with van der Waals surface area (Å²) in [6.45, 7) is 12.5. The predicted octanol–water partition coefficient (Wildman–Crippen LogP) is 6.94. The Labute approximate surface area is 244 Å². The number of benzene rings is 2. The maximum absolute atomic E-state index is 13.7. The third kappa shape index (κ3) is 10.1. The van der Waals surface area contributed by atoms with E-state index < -0.39 is 0 Å². The molecule has 0 heterocycles. The minimum Gasteiger partial charge on any atom is -0.496 e. The first kappa shape index (κ1) is 33.6. The van der Waals surface area contributed by atoms with Gasteiger partial charge in [0.25, 0.3) is 0 Å². The molecule has 0 saturated carbocycles. The topological polar surface area (TPSA) is 81.7 Å². The Kier molecular flexibility index (Phi) is 14.2. The van der Waals surface area contributed by atoms with Crippen molar-refractivity contribution in [3.8, 4) is 23.0 Å². The Morgan fingerprint density at radius 1 is 0.878 bits per heavy atom. The van der Waals surface area contributed by atoms with Crippen LogP contribution in [-0.4, -0.2) is 54.6 Å². The second kappa shape index (κ2) is 17.3. The fourth-order valence-corrected chi connectivity index (χ4v) is 4.22. The van der Waals surface area contributed by atoms with Crippen molar-refractivity contribution >= 4 is 11.9 Å². The minimum absolute atomic E-state index is 0.0401. The van der Waals surface area contributed by atoms with E-state index in [0.29, 0.717) is 40.5 Å². The monoisotopic (exact) mass is 568 g/mol. The number of hydrogen-bond donors (Lipinski definition) is 0. The number of carbonyl (C=O) groups excluding carboxylic acids is 1. The molecule has 0 spiro atoms. The third-order valence-electron chi connectivity index (χ3n) is 6.47. The van der Waals surface area contributed by atoms with Crippen LogP contribution < -0.4 is 18.9 Å². The second-order valence-electron chi connectivity index (χ2n) is 9.87. The molecule has 0 saturated heterocycles. The maximum atomic E-state index is 13.7. The largest absolute Gasteiger partial charge is 0.496 e. The molecule has 0 aliphatic heterocycles. The van der Waals surface area contributed by atoms with Crippen molar-refractivity contribution in [2.45, 2.75) is 40.5 Å². The molecule has 2 aromatic carbocycles. The lowest BCUT2D eigenvalue weighted by atomic mass is 9.86. The average Bonchev–Trinajstić information content (AvgIpc) is 2.95. The minimum atomic E-state index is -0.215. The Bertz CT molecular complexity index is 1220. The van der Waals surface area contributed by atoms with Crippen LogP contribution >= 0.6 is 0 Å². The van der Waals surface area contributed by atoms with Crippen molar-refractivity contribution in [3.63, 3.8) is 0 Å². The number of ketones is 1. The van der Waals surface area contributed by atoms with Gasteiger partial charge in [0, 0.05) is 39.0 Å². The van der Waals surface area contributed by atoms with Crippen molar-refractivity contribution in [1.82, 2.24) is 0 Å². The summed E-state index contributed by atoms with van der Waals surface area (Å²) in [4.78, 5) is 13.7. The van der Waals surface area contributed by atoms with Crippen LogP contribution in [0.15, 0.2) is 54.1 Å². The Balaban J connectivity index is 2.54. The van der Waals surface area contributed by atoms with E-state index in [1.54, 1.807) is 44.6 Å². The summed E-state index contributed by atoms with van der Waals surface area (Å²) in [6.07, 6.45) is 6.90. The van der Waals surface area contributed by atoms with Crippen LogP contribution in [0.4, 0.5) is 0 Å². The summed E-state index contributed by atoms with van der Waals surface area (Å²) in [5.74, 6) is 2.05. The molecule has 1 atom stereocenters. The van der Waals surface area contributed by atoms with E-state index in [9.17, 15) is 4.79 Å². The summed E-state index contributed by atoms with van der Waals surface area (Å²) in [6, 6.07) is 7.06. The van der Waals surface area contributed by atoms with Crippen molar-refractivity contribution in [1.29, 1.82) is 0 Å². The predicted molar refractivity (Wildman–Crippen MR) is 161 cm³/mol. The van der Waals surface area contributed by atoms with Crippen LogP contribution in [-0.2, 0) is 20.6 Å². The first-order valence-electron chi connectivity index (χ1n) is 13.4. The van der Waals surface area contributed by atoms with E-state index in [1.807, 2.05) is 13.8 Å². The lowest BCUT2D eigenvalue weighted by Crippen LogP contribution is -2.13. The van der Waals surface area contributed by atoms with Gasteiger partial charge in [0.1, 0.15) is 23.0 Å². The summed E-state index contributed by atoms with van der Waals surface area (Å²) in [5.41, 5.74) is 5.15. The van der Waals surface area contributed by atoms with E-state index in [4.69, 9.17) is 33.2 Å². The van der Waals surface area contributed by atoms with E-state index in [0.717, 1.165) is 23.1 Å². The lowest BCUT2D eigenvalue weighted by Gasteiger charge is -2.23. The fourth-order valence-electron chi connectivity index (χ4n) is 4.22. The molecule has 0 bridgehead atoms. The van der Waals surface area contributed by atoms with Crippen LogP contribution in [0.5, 0.6) is 23.0 Å². The molecule has 224 valence electrons. The number of hydrogen-bond acceptors (Lipinski definition) is 8. The van der Waals surface area contributed by atoms with Gasteiger partial charge in [-0.15, -0.1) is 0 Å². The van der Waals surface area contributed by atoms with E-state index >= 15 is 0 Å². The van der Waals surface area contributed by atoms with Crippen LogP contribution in [0.3, 0.4) is 0 Å². The van der Waals surface area contributed by atoms with Crippen LogP contribution in [0.1, 0.15) is 54.2 Å². The zero-order valence-electron chi connectivity index (χ0n) is 25.6. The van der Waals surface area contributed by atoms with E-state index in [-0.39, 0.29) is 32.1 Å². The van der Waals surface area contributed by atoms with Gasteiger partial charge in [0.2, 0.25) is 0 Å². The lowest BCUT2D eigenvalue weighted by molar-refractivity contribution is 0.0459. The smallest absolute Gasteiger partial charge is 0.189 e. The van der Waals surface area contributed by atoms with Gasteiger partial charge in [-0.05, 0) is 81.9 Å². The van der Waals surface area contributed by atoms with Gasteiger partial charge in [-0.2, -0.15) is 0 Å². The fraction of sp³-hybridized carbons (Fsp3) is 0.424. The standard InChI is InChI=1S/C33H44O8/c1-22(2)10-11-26(23(3)4)16-28-24(5)33(32(38-9)18-31(28)41-21-37-8)29(34)15-13-25-12-14-27(39-19-35-6)17-30(25)40-20-36-7/h10,12-15,17-18,26H,3,11,16,19-21H2,1-2,4-9H3/b15-13+. The highest BCUT2D eigenvalue weighted by molar-refractivity contribution is 6.10. The second-order valence-corrected chi connectivity index (χ2v) is 9.87. The molecule has 0 aliphatic rings. The van der Waals surface area contributed by atoms with Crippen molar-refractivity contribution in [2.75, 3.05) is 48.8 Å². The van der Waals surface area contributed by atoms with Crippen LogP contribution in [0.2, 0.25) is 0 Å². The zero-order chi connectivity index (χ0) is 30.4. The molecule has 2 rings (SSSR count). The average molecular weight is 569 g/mol. The molecule has 8 heteroatoms. The molecule has 0 amide bonds. The van der Waals surface area contributed by atoms with Crippen molar-refractivity contribution < 1.29 is 38.0 Å². The van der Waals surface area contributed by atoms with Gasteiger partial charge in [-0.25, -0.2) is 0 Å². The van der Waals surface area contributed by atoms with Gasteiger partial charge in [-0.1, -0.05) is 23.8 Å². The molecule has 41 heavy (non-hydrogen) atoms. The molecular formula is C33H44O8. The highest BCUT2D eigenvalue weighted by atomic mass is 16.7. The molecule has 0 aliphatic carbocycles. The van der Waals surface area contributed by atoms with Gasteiger partial charge >= 0.3 is 0 Å². The first-order valence-corrected chi connectivity index (χ1v) is 13.4.